The van der Waals surface area contributed by atoms with Crippen LogP contribution in [0.3, 0.4) is 0 Å². The van der Waals surface area contributed by atoms with Gasteiger partial charge in [-0.1, -0.05) is 30.3 Å². The molecule has 2 rings (SSSR count). The molecule has 0 radical (unpaired) electrons. The maximum atomic E-state index is 12.0. The summed E-state index contributed by atoms with van der Waals surface area (Å²) in [6.45, 7) is 3.25. The highest BCUT2D eigenvalue weighted by molar-refractivity contribution is 5.91. The van der Waals surface area contributed by atoms with Gasteiger partial charge in [-0.2, -0.15) is 0 Å². The van der Waals surface area contributed by atoms with E-state index in [4.69, 9.17) is 0 Å². The molecule has 0 fully saturated rings. The van der Waals surface area contributed by atoms with Gasteiger partial charge >= 0.3 is 0 Å². The molecule has 19 heavy (non-hydrogen) atoms. The summed E-state index contributed by atoms with van der Waals surface area (Å²) in [5.41, 5.74) is -0.0505. The van der Waals surface area contributed by atoms with Crippen molar-refractivity contribution in [3.63, 3.8) is 0 Å². The highest BCUT2D eigenvalue weighted by Gasteiger charge is 2.29. The van der Waals surface area contributed by atoms with Crippen molar-refractivity contribution in [1.29, 1.82) is 0 Å². The Bertz CT molecular complexity index is 567. The van der Waals surface area contributed by atoms with Gasteiger partial charge in [0.1, 0.15) is 5.82 Å². The molecule has 0 aliphatic carbocycles. The van der Waals surface area contributed by atoms with E-state index in [-0.39, 0.29) is 12.4 Å². The van der Waals surface area contributed by atoms with Gasteiger partial charge in [0.05, 0.1) is 12.1 Å². The number of hydrogen-bond acceptors (Lipinski definition) is 4. The number of aromatic nitrogens is 3. The van der Waals surface area contributed by atoms with Gasteiger partial charge in [-0.25, -0.2) is 4.98 Å². The Labute approximate surface area is 110 Å². The normalized spacial score (nSPS) is 13.8. The summed E-state index contributed by atoms with van der Waals surface area (Å²) in [6, 6.07) is 9.28. The summed E-state index contributed by atoms with van der Waals surface area (Å²) in [7, 11) is 0. The fourth-order valence-electron chi connectivity index (χ4n) is 1.76. The number of H-pyrrole nitrogens is 1. The van der Waals surface area contributed by atoms with Gasteiger partial charge < -0.3 is 10.4 Å². The lowest BCUT2D eigenvalue weighted by molar-refractivity contribution is 0.0839. The number of nitrogens with one attached hydrogen (secondary N) is 2. The van der Waals surface area contributed by atoms with E-state index < -0.39 is 11.4 Å². The van der Waals surface area contributed by atoms with Crippen LogP contribution in [0.2, 0.25) is 0 Å². The minimum absolute atomic E-state index is 0.0631. The molecule has 0 aliphatic heterocycles. The van der Waals surface area contributed by atoms with Gasteiger partial charge in [0, 0.05) is 0 Å². The molecule has 6 nitrogen and oxygen atoms in total. The van der Waals surface area contributed by atoms with E-state index in [0.29, 0.717) is 5.82 Å². The van der Waals surface area contributed by atoms with Crippen molar-refractivity contribution < 1.29 is 9.90 Å². The van der Waals surface area contributed by atoms with E-state index in [2.05, 4.69) is 20.5 Å². The zero-order valence-electron chi connectivity index (χ0n) is 10.8. The van der Waals surface area contributed by atoms with Crippen molar-refractivity contribution in [3.8, 4) is 0 Å². The Hall–Kier alpha value is -2.21. The molecule has 0 aliphatic rings. The van der Waals surface area contributed by atoms with E-state index in [9.17, 15) is 9.90 Å². The van der Waals surface area contributed by atoms with Crippen molar-refractivity contribution >= 4 is 5.91 Å². The van der Waals surface area contributed by atoms with Crippen LogP contribution in [0.15, 0.2) is 30.3 Å². The van der Waals surface area contributed by atoms with Crippen molar-refractivity contribution in [2.24, 2.45) is 0 Å². The first kappa shape index (κ1) is 13.2. The number of hydrogen-bond donors (Lipinski definition) is 3. The second-order valence-corrected chi connectivity index (χ2v) is 4.55. The van der Waals surface area contributed by atoms with E-state index in [1.165, 1.54) is 0 Å². The Morgan fingerprint density at radius 2 is 2.11 bits per heavy atom. The Balaban J connectivity index is 2.22. The standard InChI is InChI=1S/C13H16N4O2/c1-9-14-11(17-16-9)12(19)15-13(2,8-18)10-6-4-3-5-7-10/h3-7,18H,8H2,1-2H3,(H,15,19)(H,14,16,17). The van der Waals surface area contributed by atoms with E-state index >= 15 is 0 Å². The van der Waals surface area contributed by atoms with E-state index in [1.807, 2.05) is 30.3 Å². The average Bonchev–Trinajstić information content (AvgIpc) is 2.86. The fourth-order valence-corrected chi connectivity index (χ4v) is 1.76. The van der Waals surface area contributed by atoms with Crippen LogP contribution in [0.25, 0.3) is 0 Å². The largest absolute Gasteiger partial charge is 0.394 e. The molecular formula is C13H16N4O2. The number of aliphatic hydroxyl groups is 1. The SMILES string of the molecule is Cc1nc(C(=O)NC(C)(CO)c2ccccc2)n[nH]1. The zero-order chi connectivity index (χ0) is 13.9. The summed E-state index contributed by atoms with van der Waals surface area (Å²) < 4.78 is 0. The maximum absolute atomic E-state index is 12.0. The molecule has 0 bridgehead atoms. The predicted octanol–water partition coefficient (Wildman–Crippen LogP) is 0.751. The second-order valence-electron chi connectivity index (χ2n) is 4.55. The minimum atomic E-state index is -0.868. The molecule has 0 saturated carbocycles. The van der Waals surface area contributed by atoms with Gasteiger partial charge in [0.25, 0.3) is 5.91 Å². The third-order valence-electron chi connectivity index (χ3n) is 2.92. The summed E-state index contributed by atoms with van der Waals surface area (Å²) >= 11 is 0. The first-order valence-electron chi connectivity index (χ1n) is 5.93. The summed E-state index contributed by atoms with van der Waals surface area (Å²) in [6.07, 6.45) is 0. The number of aryl methyl sites for hydroxylation is 1. The second kappa shape index (κ2) is 5.19. The summed E-state index contributed by atoms with van der Waals surface area (Å²) in [5.74, 6) is 0.202. The van der Waals surface area contributed by atoms with Crippen LogP contribution in [0.1, 0.15) is 28.9 Å². The fraction of sp³-hybridized carbons (Fsp3) is 0.308. The highest BCUT2D eigenvalue weighted by atomic mass is 16.3. The van der Waals surface area contributed by atoms with Crippen LogP contribution in [0.5, 0.6) is 0 Å². The lowest BCUT2D eigenvalue weighted by Gasteiger charge is -2.28. The van der Waals surface area contributed by atoms with Crippen molar-refractivity contribution in [3.05, 3.63) is 47.5 Å². The molecule has 0 spiro atoms. The van der Waals surface area contributed by atoms with E-state index in [1.54, 1.807) is 13.8 Å². The average molecular weight is 260 g/mol. The number of aliphatic hydroxyl groups excluding tert-OH is 1. The van der Waals surface area contributed by atoms with Crippen LogP contribution in [-0.2, 0) is 5.54 Å². The number of amides is 1. The topological polar surface area (TPSA) is 90.9 Å². The van der Waals surface area contributed by atoms with Gasteiger partial charge in [-0.05, 0) is 19.4 Å². The first-order valence-corrected chi connectivity index (χ1v) is 5.93. The van der Waals surface area contributed by atoms with Crippen LogP contribution >= 0.6 is 0 Å². The molecule has 0 saturated heterocycles. The highest BCUT2D eigenvalue weighted by Crippen LogP contribution is 2.20. The predicted molar refractivity (Wildman–Crippen MR) is 69.5 cm³/mol. The zero-order valence-corrected chi connectivity index (χ0v) is 10.8. The third-order valence-corrected chi connectivity index (χ3v) is 2.92. The maximum Gasteiger partial charge on any atom is 0.291 e. The Kier molecular flexibility index (Phi) is 3.62. The molecule has 1 aromatic heterocycles. The molecule has 1 unspecified atom stereocenters. The van der Waals surface area contributed by atoms with Gasteiger partial charge in [0.2, 0.25) is 5.82 Å². The number of carbonyl (C=O) groups is 1. The van der Waals surface area contributed by atoms with Crippen molar-refractivity contribution in [2.75, 3.05) is 6.61 Å². The summed E-state index contributed by atoms with van der Waals surface area (Å²) in [5, 5.41) is 18.7. The molecule has 1 atom stereocenters. The number of carbonyl (C=O) groups excluding carboxylic acids is 1. The van der Waals surface area contributed by atoms with Crippen LogP contribution in [-0.4, -0.2) is 32.8 Å². The first-order chi connectivity index (χ1) is 9.05. The molecule has 1 amide bonds. The Morgan fingerprint density at radius 3 is 2.63 bits per heavy atom. The quantitative estimate of drug-likeness (QED) is 0.756. The number of aromatic amines is 1. The molecule has 2 aromatic rings. The van der Waals surface area contributed by atoms with Gasteiger partial charge in [-0.3, -0.25) is 9.89 Å². The molecule has 3 N–H and O–H groups in total. The monoisotopic (exact) mass is 260 g/mol. The van der Waals surface area contributed by atoms with Gasteiger partial charge in [0.15, 0.2) is 0 Å². The number of benzene rings is 1. The molecular weight excluding hydrogens is 244 g/mol. The molecule has 1 heterocycles. The molecule has 100 valence electrons. The van der Waals surface area contributed by atoms with Crippen molar-refractivity contribution in [2.45, 2.75) is 19.4 Å². The number of rotatable bonds is 4. The van der Waals surface area contributed by atoms with E-state index in [0.717, 1.165) is 5.56 Å². The van der Waals surface area contributed by atoms with Gasteiger partial charge in [-0.15, -0.1) is 5.10 Å². The van der Waals surface area contributed by atoms with Crippen molar-refractivity contribution in [1.82, 2.24) is 20.5 Å². The van der Waals surface area contributed by atoms with Crippen LogP contribution in [0, 0.1) is 6.92 Å². The Morgan fingerprint density at radius 1 is 1.42 bits per heavy atom. The lowest BCUT2D eigenvalue weighted by Crippen LogP contribution is -2.46. The van der Waals surface area contributed by atoms with Crippen LogP contribution < -0.4 is 5.32 Å². The molecule has 6 heteroatoms. The lowest BCUT2D eigenvalue weighted by atomic mass is 9.93. The third kappa shape index (κ3) is 2.79. The minimum Gasteiger partial charge on any atom is -0.394 e. The molecule has 1 aromatic carbocycles. The summed E-state index contributed by atoms with van der Waals surface area (Å²) in [4.78, 5) is 16.0. The smallest absolute Gasteiger partial charge is 0.291 e. The van der Waals surface area contributed by atoms with Crippen LogP contribution in [0.4, 0.5) is 0 Å². The number of nitrogens with zero attached hydrogens (tertiary/aromatic N) is 2.